The first kappa shape index (κ1) is 53.2. The fourth-order valence-corrected chi connectivity index (χ4v) is 10.4. The Morgan fingerprint density at radius 1 is 1.05 bits per heavy atom. The van der Waals surface area contributed by atoms with Crippen molar-refractivity contribution in [3.63, 3.8) is 0 Å². The number of hydrogen-bond donors (Lipinski definition) is 5. The van der Waals surface area contributed by atoms with Gasteiger partial charge in [-0.25, -0.2) is 4.79 Å². The lowest BCUT2D eigenvalue weighted by molar-refractivity contribution is -0.298. The molecule has 5 rings (SSSR count). The van der Waals surface area contributed by atoms with Gasteiger partial charge in [0.25, 0.3) is 0 Å². The molecule has 3 saturated heterocycles. The highest BCUT2D eigenvalue weighted by atomic mass is 16.7. The molecule has 8 N–H and O–H groups in total. The number of cyclic esters (lactones) is 1. The summed E-state index contributed by atoms with van der Waals surface area (Å²) in [6.07, 6.45) is -0.358. The molecule has 0 aliphatic carbocycles. The normalized spacial score (nSPS) is 34.0. The first-order valence-electron chi connectivity index (χ1n) is 23.9. The molecule has 0 spiro atoms. The zero-order valence-electron chi connectivity index (χ0n) is 41.1. The Kier molecular flexibility index (Phi) is 18.9. The number of hydrogen-bond acceptors (Lipinski definition) is 17. The monoisotopic (exact) mass is 929 g/mol. The smallest absolute Gasteiger partial charge is 0.410 e. The number of methoxy groups -OCH3 is 1. The lowest BCUT2D eigenvalue weighted by Gasteiger charge is -2.47. The fraction of sp³-hybridized carbons (Fsp3) is 0.766. The van der Waals surface area contributed by atoms with E-state index >= 15 is 0 Å². The highest BCUT2D eigenvalue weighted by molar-refractivity contribution is 6.00. The second-order valence-electron chi connectivity index (χ2n) is 19.5. The van der Waals surface area contributed by atoms with Crippen LogP contribution in [0.15, 0.2) is 30.5 Å². The summed E-state index contributed by atoms with van der Waals surface area (Å²) in [4.78, 5) is 48.6. The molecular weight excluding hydrogens is 849 g/mol. The number of nitrogen functional groups attached to an aromatic ring is 1. The number of aliphatic hydroxyl groups is 1. The Morgan fingerprint density at radius 2 is 1.74 bits per heavy atom. The van der Waals surface area contributed by atoms with E-state index in [1.165, 1.54) is 6.92 Å². The minimum absolute atomic E-state index is 0.0496. The van der Waals surface area contributed by atoms with Gasteiger partial charge in [0.1, 0.15) is 23.8 Å². The van der Waals surface area contributed by atoms with Crippen molar-refractivity contribution >= 4 is 23.5 Å². The van der Waals surface area contributed by atoms with Crippen LogP contribution < -0.4 is 22.5 Å². The van der Waals surface area contributed by atoms with Crippen LogP contribution in [0.1, 0.15) is 80.6 Å². The molecular formula is C47H80N10O9. The number of aromatic nitrogens is 3. The number of fused-ring (bicyclic) bond motifs is 1. The molecule has 13 atom stereocenters. The van der Waals surface area contributed by atoms with Gasteiger partial charge in [-0.2, -0.15) is 0 Å². The molecule has 1 amide bonds. The maximum atomic E-state index is 14.6. The van der Waals surface area contributed by atoms with Crippen LogP contribution in [-0.4, -0.2) is 180 Å². The van der Waals surface area contributed by atoms with Gasteiger partial charge in [0.15, 0.2) is 17.7 Å². The molecule has 3 fully saturated rings. The lowest BCUT2D eigenvalue weighted by atomic mass is 9.78. The molecule has 4 heterocycles. The third-order valence-corrected chi connectivity index (χ3v) is 14.1. The number of anilines is 1. The van der Waals surface area contributed by atoms with Gasteiger partial charge >= 0.3 is 12.1 Å². The van der Waals surface area contributed by atoms with Gasteiger partial charge in [-0.05, 0) is 98.5 Å². The Labute approximate surface area is 391 Å². The van der Waals surface area contributed by atoms with Crippen molar-refractivity contribution in [2.75, 3.05) is 72.8 Å². The van der Waals surface area contributed by atoms with Crippen LogP contribution in [0.25, 0.3) is 11.3 Å². The molecule has 0 radical (unpaired) electrons. The summed E-state index contributed by atoms with van der Waals surface area (Å²) in [5.74, 6) is -3.33. The Bertz CT molecular complexity index is 1880. The van der Waals surface area contributed by atoms with Crippen LogP contribution >= 0.6 is 0 Å². The Hall–Kier alpha value is -3.79. The molecule has 2 aromatic rings. The number of nitrogens with zero attached hydrogens (tertiary/aromatic N) is 6. The summed E-state index contributed by atoms with van der Waals surface area (Å²) >= 11 is 0. The van der Waals surface area contributed by atoms with E-state index in [4.69, 9.17) is 40.9 Å². The van der Waals surface area contributed by atoms with E-state index in [2.05, 4.69) is 27.5 Å². The van der Waals surface area contributed by atoms with Gasteiger partial charge in [0, 0.05) is 82.2 Å². The minimum Gasteiger partial charge on any atom is -0.458 e. The Morgan fingerprint density at radius 3 is 2.38 bits per heavy atom. The quantitative estimate of drug-likeness (QED) is 0.0662. The molecule has 3 aliphatic rings. The summed E-state index contributed by atoms with van der Waals surface area (Å²) in [6, 6.07) is 6.31. The van der Waals surface area contributed by atoms with Crippen molar-refractivity contribution in [3.8, 4) is 11.3 Å². The predicted octanol–water partition coefficient (Wildman–Crippen LogP) is 2.48. The maximum Gasteiger partial charge on any atom is 0.410 e. The molecule has 3 unspecified atom stereocenters. The second-order valence-corrected chi connectivity index (χ2v) is 19.5. The van der Waals surface area contributed by atoms with E-state index in [0.29, 0.717) is 90.1 Å². The van der Waals surface area contributed by atoms with Crippen LogP contribution in [0.2, 0.25) is 0 Å². The number of carbonyl (C=O) groups excluding carboxylic acids is 3. The number of carbonyl (C=O) groups is 3. The van der Waals surface area contributed by atoms with E-state index in [1.807, 2.05) is 77.2 Å². The van der Waals surface area contributed by atoms with Gasteiger partial charge < -0.3 is 56.2 Å². The number of ketones is 1. The van der Waals surface area contributed by atoms with Gasteiger partial charge in [-0.1, -0.05) is 38.1 Å². The van der Waals surface area contributed by atoms with Crippen LogP contribution in [-0.2, 0) is 39.8 Å². The van der Waals surface area contributed by atoms with Crippen molar-refractivity contribution in [2.45, 2.75) is 147 Å². The molecule has 19 nitrogen and oxygen atoms in total. The number of Topliss-reactive ketones (excluding diaryl/α,β-unsaturated/α-hetero) is 1. The average molecular weight is 929 g/mol. The second kappa shape index (κ2) is 23.5. The number of amides is 1. The molecule has 3 aliphatic heterocycles. The predicted molar refractivity (Wildman–Crippen MR) is 251 cm³/mol. The van der Waals surface area contributed by atoms with Gasteiger partial charge in [-0.3, -0.25) is 24.1 Å². The summed E-state index contributed by atoms with van der Waals surface area (Å²) in [5.41, 5.74) is 17.7. The SMILES string of the molecule is CC[C@H]1OC(=O)[C@H](C)C(=O)[C@H](C)[C@@H](O[C@@H]2OC(CN(CCN)CCN)CC(N(C)C)C2O)[C@](C)(OC)C[C@@H](C)CN[C@H](C)[C@H]2N(CCCCn3cc(-c4cccc(N)c4)nn3)C(=O)O[C@]12C. The van der Waals surface area contributed by atoms with Crippen molar-refractivity contribution in [3.05, 3.63) is 30.5 Å². The number of aliphatic hydroxyl groups excluding tert-OH is 1. The van der Waals surface area contributed by atoms with E-state index in [-0.39, 0.29) is 24.1 Å². The summed E-state index contributed by atoms with van der Waals surface area (Å²) in [6.45, 7) is 17.1. The summed E-state index contributed by atoms with van der Waals surface area (Å²) in [5, 5.41) is 24.2. The topological polar surface area (TPSA) is 248 Å². The van der Waals surface area contributed by atoms with E-state index in [1.54, 1.807) is 23.6 Å². The number of aryl methyl sites for hydroxylation is 1. The van der Waals surface area contributed by atoms with Crippen LogP contribution in [0.3, 0.4) is 0 Å². The number of likely N-dealkylation sites (N-methyl/N-ethyl adjacent to an activating group) is 1. The summed E-state index contributed by atoms with van der Waals surface area (Å²) in [7, 11) is 5.39. The van der Waals surface area contributed by atoms with Crippen molar-refractivity contribution < 1.29 is 43.2 Å². The molecule has 66 heavy (non-hydrogen) atoms. The number of nitrogens with two attached hydrogens (primary N) is 3. The first-order valence-corrected chi connectivity index (χ1v) is 23.9. The molecule has 19 heteroatoms. The number of benzene rings is 1. The third-order valence-electron chi connectivity index (χ3n) is 14.1. The minimum atomic E-state index is -1.26. The molecule has 1 aromatic heterocycles. The van der Waals surface area contributed by atoms with Gasteiger partial charge in [0.05, 0.1) is 30.0 Å². The van der Waals surface area contributed by atoms with E-state index in [0.717, 1.165) is 11.3 Å². The number of unbranched alkanes of at least 4 members (excludes halogenated alkanes) is 1. The number of rotatable bonds is 17. The van der Waals surface area contributed by atoms with Crippen LogP contribution in [0, 0.1) is 17.8 Å². The molecule has 0 bridgehead atoms. The van der Waals surface area contributed by atoms with Crippen LogP contribution in [0.5, 0.6) is 0 Å². The van der Waals surface area contributed by atoms with E-state index < -0.39 is 71.5 Å². The maximum absolute atomic E-state index is 14.6. The van der Waals surface area contributed by atoms with Crippen molar-refractivity contribution in [1.82, 2.24) is 35.0 Å². The van der Waals surface area contributed by atoms with E-state index in [9.17, 15) is 19.5 Å². The van der Waals surface area contributed by atoms with Gasteiger partial charge in [0.2, 0.25) is 0 Å². The molecule has 1 aromatic carbocycles. The number of ether oxygens (including phenoxy) is 5. The first-order chi connectivity index (χ1) is 31.3. The fourth-order valence-electron chi connectivity index (χ4n) is 10.4. The summed E-state index contributed by atoms with van der Waals surface area (Å²) < 4.78 is 34.1. The average Bonchev–Trinajstić information content (AvgIpc) is 3.86. The van der Waals surface area contributed by atoms with Crippen LogP contribution in [0.4, 0.5) is 10.5 Å². The zero-order valence-corrected chi connectivity index (χ0v) is 41.1. The zero-order chi connectivity index (χ0) is 48.5. The highest BCUT2D eigenvalue weighted by Crippen LogP contribution is 2.40. The van der Waals surface area contributed by atoms with Gasteiger partial charge in [-0.15, -0.1) is 5.10 Å². The number of nitrogens with one attached hydrogen (secondary N) is 1. The highest BCUT2D eigenvalue weighted by Gasteiger charge is 2.59. The Balaban J connectivity index is 1.39. The number of esters is 1. The largest absolute Gasteiger partial charge is 0.458 e. The van der Waals surface area contributed by atoms with Crippen molar-refractivity contribution in [2.24, 2.45) is 29.2 Å². The lowest BCUT2D eigenvalue weighted by Crippen LogP contribution is -2.61. The standard InChI is InChI=1S/C47H80N10O9/c1-11-38-47(7)41(57(45(61)66-47)20-13-12-19-56-28-36(52-53-56)33-15-14-16-34(50)23-33)32(5)51-26-29(2)25-46(6,62-10)42(30(3)39(58)31(4)43(60)64-38)65-44-40(59)37(54(8)9)24-35(63-44)27-55(21-17-48)22-18-49/h14-16,23,28-32,35,37-38,40-42,44,51,59H,11-13,17-22,24-27,48-50H2,1-10H3/t29-,30+,31-,32-,35?,37?,38-,40?,41-,42-,44+,46-,47-/m1/s1. The van der Waals surface area contributed by atoms with Crippen molar-refractivity contribution in [1.29, 1.82) is 0 Å². The third kappa shape index (κ3) is 12.5. The molecule has 372 valence electrons. The molecule has 0 saturated carbocycles.